The molecule has 0 amide bonds. The Bertz CT molecular complexity index is 3070. The third-order valence-electron chi connectivity index (χ3n) is 10.9. The summed E-state index contributed by atoms with van der Waals surface area (Å²) in [6, 6.07) is 72.3. The molecule has 11 aromatic rings. The molecular formula is C54H35N7. The molecule has 0 spiro atoms. The van der Waals surface area contributed by atoms with Gasteiger partial charge in [0.1, 0.15) is 0 Å². The SMILES string of the molecule is c1ccc(-c2ccc3c(c2)c2ccccc2n3-c2c(-c3nc(-c4ccccc4)nc(-c4ccccc4)n3)cccc2-c2nc(-c3ccccc3)nc(-c3ccccc3)n2)cc1. The Morgan fingerprint density at radius 2 is 0.607 bits per heavy atom. The molecule has 0 saturated carbocycles. The van der Waals surface area contributed by atoms with Crippen molar-refractivity contribution in [1.82, 2.24) is 34.5 Å². The zero-order valence-electron chi connectivity index (χ0n) is 32.8. The highest BCUT2D eigenvalue weighted by Gasteiger charge is 2.25. The van der Waals surface area contributed by atoms with Crippen LogP contribution in [-0.2, 0) is 0 Å². The summed E-state index contributed by atoms with van der Waals surface area (Å²) in [6.45, 7) is 0. The molecule has 0 N–H and O–H groups in total. The van der Waals surface area contributed by atoms with Gasteiger partial charge in [0.25, 0.3) is 0 Å². The van der Waals surface area contributed by atoms with Gasteiger partial charge in [0.05, 0.1) is 16.7 Å². The number of nitrogens with zero attached hydrogens (tertiary/aromatic N) is 7. The second-order valence-electron chi connectivity index (χ2n) is 14.7. The van der Waals surface area contributed by atoms with E-state index in [0.29, 0.717) is 34.9 Å². The second-order valence-corrected chi connectivity index (χ2v) is 14.7. The molecule has 0 atom stereocenters. The van der Waals surface area contributed by atoms with E-state index in [-0.39, 0.29) is 0 Å². The highest BCUT2D eigenvalue weighted by atomic mass is 15.1. The minimum atomic E-state index is 0.525. The van der Waals surface area contributed by atoms with E-state index in [9.17, 15) is 0 Å². The van der Waals surface area contributed by atoms with Crippen LogP contribution in [0.5, 0.6) is 0 Å². The second kappa shape index (κ2) is 15.4. The van der Waals surface area contributed by atoms with Gasteiger partial charge in [-0.1, -0.05) is 182 Å². The predicted molar refractivity (Wildman–Crippen MR) is 246 cm³/mol. The van der Waals surface area contributed by atoms with Gasteiger partial charge in [0.15, 0.2) is 34.9 Å². The summed E-state index contributed by atoms with van der Waals surface area (Å²) in [4.78, 5) is 31.1. The molecule has 7 nitrogen and oxygen atoms in total. The van der Waals surface area contributed by atoms with Crippen LogP contribution >= 0.6 is 0 Å². The minimum Gasteiger partial charge on any atom is -0.308 e. The average molecular weight is 782 g/mol. The Balaban J connectivity index is 1.25. The van der Waals surface area contributed by atoms with Crippen LogP contribution in [0.3, 0.4) is 0 Å². The maximum Gasteiger partial charge on any atom is 0.166 e. The maximum absolute atomic E-state index is 5.26. The third kappa shape index (κ3) is 6.70. The molecular weight excluding hydrogens is 747 g/mol. The number of hydrogen-bond acceptors (Lipinski definition) is 6. The fourth-order valence-corrected chi connectivity index (χ4v) is 8.03. The lowest BCUT2D eigenvalue weighted by Crippen LogP contribution is -2.07. The van der Waals surface area contributed by atoms with Crippen molar-refractivity contribution >= 4 is 21.8 Å². The molecule has 0 fully saturated rings. The fourth-order valence-electron chi connectivity index (χ4n) is 8.03. The summed E-state index contributed by atoms with van der Waals surface area (Å²) in [5.74, 6) is 3.36. The molecule has 61 heavy (non-hydrogen) atoms. The van der Waals surface area contributed by atoms with Gasteiger partial charge in [-0.25, -0.2) is 29.9 Å². The summed E-state index contributed by atoms with van der Waals surface area (Å²) >= 11 is 0. The summed E-state index contributed by atoms with van der Waals surface area (Å²) < 4.78 is 2.33. The lowest BCUT2D eigenvalue weighted by Gasteiger charge is -2.19. The number of rotatable bonds is 8. The van der Waals surface area contributed by atoms with Crippen LogP contribution in [0, 0.1) is 0 Å². The molecule has 0 radical (unpaired) electrons. The van der Waals surface area contributed by atoms with E-state index in [1.54, 1.807) is 0 Å². The first-order valence-corrected chi connectivity index (χ1v) is 20.2. The van der Waals surface area contributed by atoms with E-state index in [1.165, 1.54) is 0 Å². The van der Waals surface area contributed by atoms with Crippen molar-refractivity contribution in [3.05, 3.63) is 212 Å². The van der Waals surface area contributed by atoms with Crippen molar-refractivity contribution in [3.63, 3.8) is 0 Å². The van der Waals surface area contributed by atoms with E-state index >= 15 is 0 Å². The highest BCUT2D eigenvalue weighted by Crippen LogP contribution is 2.42. The van der Waals surface area contributed by atoms with Crippen LogP contribution in [0.1, 0.15) is 0 Å². The number of para-hydroxylation sites is 2. The lowest BCUT2D eigenvalue weighted by molar-refractivity contribution is 1.05. The quantitative estimate of drug-likeness (QED) is 0.153. The summed E-state index contributed by atoms with van der Waals surface area (Å²) in [5.41, 5.74) is 10.4. The largest absolute Gasteiger partial charge is 0.308 e. The van der Waals surface area contributed by atoms with E-state index in [0.717, 1.165) is 72.0 Å². The number of benzene rings is 8. The Kier molecular flexibility index (Phi) is 9.02. The minimum absolute atomic E-state index is 0.525. The van der Waals surface area contributed by atoms with Crippen molar-refractivity contribution in [2.45, 2.75) is 0 Å². The number of hydrogen-bond donors (Lipinski definition) is 0. The normalized spacial score (nSPS) is 11.3. The standard InChI is InChI=1S/C54H35N7/c1-6-19-36(20-7-1)41-33-34-47-45(35-41)42-29-16-17-32-46(42)61(47)48-43(53-57-49(37-21-8-2-9-22-37)55-50(58-53)38-23-10-3-11-24-38)30-18-31-44(48)54-59-51(39-25-12-4-13-26-39)56-52(60-54)40-27-14-5-15-28-40/h1-35H. The molecule has 0 aliphatic heterocycles. The molecule has 0 aliphatic carbocycles. The van der Waals surface area contributed by atoms with E-state index < -0.39 is 0 Å². The van der Waals surface area contributed by atoms with Gasteiger partial charge < -0.3 is 4.57 Å². The molecule has 11 rings (SSSR count). The van der Waals surface area contributed by atoms with Crippen LogP contribution < -0.4 is 0 Å². The molecule has 8 aromatic carbocycles. The smallest absolute Gasteiger partial charge is 0.166 e. The van der Waals surface area contributed by atoms with Gasteiger partial charge in [0.2, 0.25) is 0 Å². The molecule has 3 heterocycles. The predicted octanol–water partition coefficient (Wildman–Crippen LogP) is 12.8. The molecule has 0 bridgehead atoms. The van der Waals surface area contributed by atoms with Gasteiger partial charge in [-0.15, -0.1) is 0 Å². The van der Waals surface area contributed by atoms with Crippen molar-refractivity contribution in [3.8, 4) is 85.1 Å². The summed E-state index contributed by atoms with van der Waals surface area (Å²) in [7, 11) is 0. The summed E-state index contributed by atoms with van der Waals surface area (Å²) in [5, 5.41) is 2.24. The monoisotopic (exact) mass is 781 g/mol. The first kappa shape index (κ1) is 35.7. The fraction of sp³-hybridized carbons (Fsp3) is 0. The van der Waals surface area contributed by atoms with E-state index in [2.05, 4.69) is 83.4 Å². The van der Waals surface area contributed by atoms with Gasteiger partial charge in [0, 0.05) is 44.2 Å². The highest BCUT2D eigenvalue weighted by molar-refractivity contribution is 6.11. The molecule has 0 unspecified atom stereocenters. The van der Waals surface area contributed by atoms with Crippen molar-refractivity contribution < 1.29 is 0 Å². The Morgan fingerprint density at radius 1 is 0.246 bits per heavy atom. The van der Waals surface area contributed by atoms with Crippen LogP contribution in [0.15, 0.2) is 212 Å². The molecule has 7 heteroatoms. The Labute approximate surface area is 352 Å². The van der Waals surface area contributed by atoms with Gasteiger partial charge >= 0.3 is 0 Å². The number of fused-ring (bicyclic) bond motifs is 3. The lowest BCUT2D eigenvalue weighted by atomic mass is 10.0. The Hall–Kier alpha value is -8.42. The molecule has 0 saturated heterocycles. The molecule has 286 valence electrons. The topological polar surface area (TPSA) is 82.3 Å². The zero-order valence-corrected chi connectivity index (χ0v) is 32.8. The van der Waals surface area contributed by atoms with Crippen molar-refractivity contribution in [2.24, 2.45) is 0 Å². The van der Waals surface area contributed by atoms with Gasteiger partial charge in [-0.05, 0) is 41.5 Å². The maximum atomic E-state index is 5.26. The summed E-state index contributed by atoms with van der Waals surface area (Å²) in [6.07, 6.45) is 0. The van der Waals surface area contributed by atoms with Gasteiger partial charge in [-0.2, -0.15) is 0 Å². The van der Waals surface area contributed by atoms with Crippen LogP contribution in [-0.4, -0.2) is 34.5 Å². The first-order valence-electron chi connectivity index (χ1n) is 20.2. The molecule has 0 aliphatic rings. The zero-order chi connectivity index (χ0) is 40.5. The van der Waals surface area contributed by atoms with E-state index in [1.807, 2.05) is 133 Å². The number of aromatic nitrogens is 7. The van der Waals surface area contributed by atoms with Crippen molar-refractivity contribution in [1.29, 1.82) is 0 Å². The van der Waals surface area contributed by atoms with Crippen LogP contribution in [0.2, 0.25) is 0 Å². The van der Waals surface area contributed by atoms with Crippen LogP contribution in [0.4, 0.5) is 0 Å². The average Bonchev–Trinajstić information content (AvgIpc) is 3.68. The van der Waals surface area contributed by atoms with E-state index in [4.69, 9.17) is 29.9 Å². The molecule has 3 aromatic heterocycles. The van der Waals surface area contributed by atoms with Crippen LogP contribution in [0.25, 0.3) is 107 Å². The first-order chi connectivity index (χ1) is 30.2. The van der Waals surface area contributed by atoms with Gasteiger partial charge in [-0.3, -0.25) is 0 Å². The third-order valence-corrected chi connectivity index (χ3v) is 10.9. The van der Waals surface area contributed by atoms with Crippen molar-refractivity contribution in [2.75, 3.05) is 0 Å². The Morgan fingerprint density at radius 3 is 1.05 bits per heavy atom.